The van der Waals surface area contributed by atoms with Gasteiger partial charge in [-0.25, -0.2) is 18.4 Å². The summed E-state index contributed by atoms with van der Waals surface area (Å²) in [7, 11) is 0. The van der Waals surface area contributed by atoms with Crippen molar-refractivity contribution in [2.24, 2.45) is 0 Å². The van der Waals surface area contributed by atoms with E-state index in [0.717, 1.165) is 6.07 Å². The molecule has 28 heavy (non-hydrogen) atoms. The summed E-state index contributed by atoms with van der Waals surface area (Å²) in [6.45, 7) is 0. The fraction of sp³-hybridized carbons (Fsp3) is 0. The van der Waals surface area contributed by atoms with Gasteiger partial charge in [0.25, 0.3) is 5.91 Å². The van der Waals surface area contributed by atoms with E-state index in [-0.39, 0.29) is 31.8 Å². The molecule has 0 saturated heterocycles. The van der Waals surface area contributed by atoms with Gasteiger partial charge in [0.1, 0.15) is 16.1 Å². The number of carbonyl (C=O) groups excluding carboxylic acids is 1. The third-order valence-electron chi connectivity index (χ3n) is 3.32. The van der Waals surface area contributed by atoms with Crippen molar-refractivity contribution < 1.29 is 13.6 Å². The topological polar surface area (TPSA) is 71.8 Å². The van der Waals surface area contributed by atoms with Gasteiger partial charge in [-0.1, -0.05) is 11.6 Å². The fourth-order valence-corrected chi connectivity index (χ4v) is 3.46. The second-order valence-corrected chi connectivity index (χ2v) is 7.71. The average molecular weight is 552 g/mol. The number of hydrogen-bond donors (Lipinski definition) is 2. The van der Waals surface area contributed by atoms with Gasteiger partial charge in [0.15, 0.2) is 16.7 Å². The van der Waals surface area contributed by atoms with Crippen LogP contribution in [0.4, 0.5) is 14.5 Å². The maximum Gasteiger partial charge on any atom is 0.276 e. The molecule has 2 heterocycles. The first-order chi connectivity index (χ1) is 13.3. The monoisotopic (exact) mass is 549 g/mol. The molecule has 0 saturated carbocycles. The molecule has 2 N–H and O–H groups in total. The highest BCUT2D eigenvalue weighted by molar-refractivity contribution is 9.10. The van der Waals surface area contributed by atoms with Gasteiger partial charge in [-0.3, -0.25) is 10.1 Å². The molecular weight excluding hydrogens is 544 g/mol. The Morgan fingerprint density at radius 2 is 2.00 bits per heavy atom. The molecule has 0 radical (unpaired) electrons. The van der Waals surface area contributed by atoms with Gasteiger partial charge in [0.2, 0.25) is 0 Å². The van der Waals surface area contributed by atoms with Gasteiger partial charge in [0.05, 0.1) is 10.7 Å². The van der Waals surface area contributed by atoms with Crippen molar-refractivity contribution >= 4 is 72.4 Å². The van der Waals surface area contributed by atoms with E-state index >= 15 is 0 Å². The van der Waals surface area contributed by atoms with E-state index in [1.807, 2.05) is 0 Å². The Morgan fingerprint density at radius 3 is 2.68 bits per heavy atom. The molecule has 2 aromatic heterocycles. The smallest absolute Gasteiger partial charge is 0.276 e. The number of thiocarbonyl (C=S) groups is 1. The van der Waals surface area contributed by atoms with E-state index in [0.29, 0.717) is 10.7 Å². The number of hydrogen-bond acceptors (Lipinski definition) is 4. The number of nitrogens with zero attached hydrogens (tertiary/aromatic N) is 3. The molecule has 0 atom stereocenters. The number of anilines is 1. The van der Waals surface area contributed by atoms with Crippen molar-refractivity contribution in [3.05, 3.63) is 68.0 Å². The first-order valence-electron chi connectivity index (χ1n) is 7.39. The highest BCUT2D eigenvalue weighted by Gasteiger charge is 2.20. The summed E-state index contributed by atoms with van der Waals surface area (Å²) in [6.07, 6.45) is 1.50. The standard InChI is InChI=1S/C16H8Br2ClF2N5OS/c17-8-4-7(20)5-10(21)13(8)23-16(28)24-15(27)11-6-12(18)25-26(11)14-9(19)2-1-3-22-14/h1-6H,(H2,23,24,27,28). The number of pyridine rings is 1. The van der Waals surface area contributed by atoms with E-state index in [4.69, 9.17) is 23.8 Å². The van der Waals surface area contributed by atoms with Crippen LogP contribution >= 0.6 is 55.7 Å². The van der Waals surface area contributed by atoms with Crippen LogP contribution in [0.15, 0.2) is 45.6 Å². The highest BCUT2D eigenvalue weighted by Crippen LogP contribution is 2.27. The van der Waals surface area contributed by atoms with Crippen LogP contribution in [0.3, 0.4) is 0 Å². The minimum atomic E-state index is -0.878. The molecule has 0 unspecified atom stereocenters. The van der Waals surface area contributed by atoms with Crippen LogP contribution in [0.25, 0.3) is 5.82 Å². The van der Waals surface area contributed by atoms with Crippen molar-refractivity contribution in [3.63, 3.8) is 0 Å². The molecule has 1 aromatic carbocycles. The lowest BCUT2D eigenvalue weighted by atomic mass is 10.3. The molecule has 0 aliphatic rings. The Morgan fingerprint density at radius 1 is 1.25 bits per heavy atom. The summed E-state index contributed by atoms with van der Waals surface area (Å²) in [4.78, 5) is 16.7. The van der Waals surface area contributed by atoms with E-state index in [1.165, 1.54) is 16.9 Å². The molecular formula is C16H8Br2ClF2N5OS. The highest BCUT2D eigenvalue weighted by atomic mass is 79.9. The summed E-state index contributed by atoms with van der Waals surface area (Å²) >= 11 is 17.4. The molecule has 0 fully saturated rings. The SMILES string of the molecule is O=C(NC(=S)Nc1c(F)cc(F)cc1Br)c1cc(Br)nn1-c1ncccc1Cl. The predicted molar refractivity (Wildman–Crippen MR) is 112 cm³/mol. The number of halogens is 5. The number of aromatic nitrogens is 3. The quantitative estimate of drug-likeness (QED) is 0.456. The van der Waals surface area contributed by atoms with Gasteiger partial charge in [0, 0.05) is 22.8 Å². The van der Waals surface area contributed by atoms with Crippen molar-refractivity contribution in [2.45, 2.75) is 0 Å². The second-order valence-electron chi connectivity index (χ2n) is 5.23. The number of rotatable bonds is 3. The average Bonchev–Trinajstić information content (AvgIpc) is 3.00. The van der Waals surface area contributed by atoms with E-state index < -0.39 is 17.5 Å². The molecule has 0 bridgehead atoms. The molecule has 1 amide bonds. The summed E-state index contributed by atoms with van der Waals surface area (Å²) in [5.74, 6) is -2.04. The molecule has 12 heteroatoms. The van der Waals surface area contributed by atoms with Crippen LogP contribution in [-0.2, 0) is 0 Å². The van der Waals surface area contributed by atoms with Crippen molar-refractivity contribution in [3.8, 4) is 5.82 Å². The maximum absolute atomic E-state index is 13.9. The Labute approximate surface area is 184 Å². The van der Waals surface area contributed by atoms with Crippen LogP contribution < -0.4 is 10.6 Å². The van der Waals surface area contributed by atoms with E-state index in [2.05, 4.69) is 52.6 Å². The Bertz CT molecular complexity index is 1070. The van der Waals surface area contributed by atoms with Gasteiger partial charge in [-0.2, -0.15) is 5.10 Å². The molecule has 0 spiro atoms. The third-order valence-corrected chi connectivity index (χ3v) is 4.84. The second kappa shape index (κ2) is 8.60. The van der Waals surface area contributed by atoms with Crippen LogP contribution in [-0.4, -0.2) is 25.8 Å². The van der Waals surface area contributed by atoms with Crippen LogP contribution in [0.2, 0.25) is 5.02 Å². The van der Waals surface area contributed by atoms with Crippen LogP contribution in [0, 0.1) is 11.6 Å². The maximum atomic E-state index is 13.9. The minimum absolute atomic E-state index is 0.0790. The number of carbonyl (C=O) groups is 1. The molecule has 144 valence electrons. The largest absolute Gasteiger partial charge is 0.329 e. The summed E-state index contributed by atoms with van der Waals surface area (Å²) in [5, 5.41) is 9.14. The summed E-state index contributed by atoms with van der Waals surface area (Å²) < 4.78 is 28.8. The number of nitrogens with one attached hydrogen (secondary N) is 2. The van der Waals surface area contributed by atoms with Crippen LogP contribution in [0.1, 0.15) is 10.5 Å². The zero-order chi connectivity index (χ0) is 20.4. The van der Waals surface area contributed by atoms with Gasteiger partial charge in [-0.05, 0) is 62.3 Å². The third kappa shape index (κ3) is 4.54. The summed E-state index contributed by atoms with van der Waals surface area (Å²) in [5.41, 5.74) is -0.0376. The summed E-state index contributed by atoms with van der Waals surface area (Å²) in [6, 6.07) is 6.43. The van der Waals surface area contributed by atoms with Crippen molar-refractivity contribution in [1.29, 1.82) is 0 Å². The minimum Gasteiger partial charge on any atom is -0.329 e. The van der Waals surface area contributed by atoms with Crippen LogP contribution in [0.5, 0.6) is 0 Å². The lowest BCUT2D eigenvalue weighted by molar-refractivity contribution is 0.0970. The predicted octanol–water partition coefficient (Wildman–Crippen LogP) is 4.85. The Kier molecular flexibility index (Phi) is 6.38. The molecule has 0 aliphatic heterocycles. The molecule has 6 nitrogen and oxygen atoms in total. The van der Waals surface area contributed by atoms with Gasteiger partial charge >= 0.3 is 0 Å². The van der Waals surface area contributed by atoms with Crippen molar-refractivity contribution in [1.82, 2.24) is 20.1 Å². The normalized spacial score (nSPS) is 10.6. The first-order valence-corrected chi connectivity index (χ1v) is 9.77. The lowest BCUT2D eigenvalue weighted by Crippen LogP contribution is -2.35. The number of amides is 1. The molecule has 3 aromatic rings. The zero-order valence-electron chi connectivity index (χ0n) is 13.5. The van der Waals surface area contributed by atoms with Gasteiger partial charge < -0.3 is 5.32 Å². The fourth-order valence-electron chi connectivity index (χ4n) is 2.18. The van der Waals surface area contributed by atoms with E-state index in [1.54, 1.807) is 12.1 Å². The van der Waals surface area contributed by atoms with E-state index in [9.17, 15) is 13.6 Å². The molecule has 0 aliphatic carbocycles. The van der Waals surface area contributed by atoms with Gasteiger partial charge in [-0.15, -0.1) is 0 Å². The van der Waals surface area contributed by atoms with Crippen molar-refractivity contribution in [2.75, 3.05) is 5.32 Å². The lowest BCUT2D eigenvalue weighted by Gasteiger charge is -2.12. The zero-order valence-corrected chi connectivity index (χ0v) is 18.3. The Hall–Kier alpha value is -1.95. The number of benzene rings is 1. The Balaban J connectivity index is 1.83. The first kappa shape index (κ1) is 20.8. The molecule has 3 rings (SSSR count).